The highest BCUT2D eigenvalue weighted by molar-refractivity contribution is 5.90. The molecule has 0 saturated carbocycles. The summed E-state index contributed by atoms with van der Waals surface area (Å²) in [5, 5.41) is 1.11. The van der Waals surface area contributed by atoms with Gasteiger partial charge >= 0.3 is 5.97 Å². The number of esters is 1. The summed E-state index contributed by atoms with van der Waals surface area (Å²) < 4.78 is 6.81. The van der Waals surface area contributed by atoms with E-state index in [4.69, 9.17) is 4.74 Å². The quantitative estimate of drug-likeness (QED) is 0.723. The van der Waals surface area contributed by atoms with Gasteiger partial charge in [-0.3, -0.25) is 4.79 Å². The van der Waals surface area contributed by atoms with Crippen LogP contribution in [0.5, 0.6) is 0 Å². The largest absolute Gasteiger partial charge is 0.469 e. The molecule has 2 rings (SSSR count). The van der Waals surface area contributed by atoms with E-state index in [9.17, 15) is 4.79 Å². The van der Waals surface area contributed by atoms with Crippen molar-refractivity contribution in [3.63, 3.8) is 0 Å². The minimum atomic E-state index is -0.226. The van der Waals surface area contributed by atoms with Gasteiger partial charge in [0.05, 0.1) is 13.0 Å². The molecule has 3 heteroatoms. The molecule has 0 aliphatic rings. The van der Waals surface area contributed by atoms with Crippen LogP contribution in [0.15, 0.2) is 30.5 Å². The molecule has 1 aromatic heterocycles. The zero-order chi connectivity index (χ0) is 11.7. The molecule has 0 N–H and O–H groups in total. The van der Waals surface area contributed by atoms with Gasteiger partial charge in [0.2, 0.25) is 0 Å². The number of ether oxygens (including phenoxy) is 1. The van der Waals surface area contributed by atoms with Gasteiger partial charge < -0.3 is 9.30 Å². The maximum absolute atomic E-state index is 11.5. The van der Waals surface area contributed by atoms with Gasteiger partial charge in [-0.15, -0.1) is 0 Å². The van der Waals surface area contributed by atoms with Gasteiger partial charge in [-0.25, -0.2) is 0 Å². The number of methoxy groups -OCH3 is 1. The van der Waals surface area contributed by atoms with Gasteiger partial charge in [-0.2, -0.15) is 0 Å². The van der Waals surface area contributed by atoms with E-state index in [1.54, 1.807) is 0 Å². The summed E-state index contributed by atoms with van der Waals surface area (Å²) in [5.41, 5.74) is 2.15. The summed E-state index contributed by atoms with van der Waals surface area (Å²) in [4.78, 5) is 11.5. The van der Waals surface area contributed by atoms with E-state index >= 15 is 0 Å². The summed E-state index contributed by atoms with van der Waals surface area (Å²) >= 11 is 0. The average Bonchev–Trinajstić information content (AvgIpc) is 2.65. The monoisotopic (exact) mass is 217 g/mol. The highest BCUT2D eigenvalue weighted by Crippen LogP contribution is 2.27. The molecule has 0 unspecified atom stereocenters. The first kappa shape index (κ1) is 10.7. The third-order valence-electron chi connectivity index (χ3n) is 2.95. The number of carbonyl (C=O) groups excluding carboxylic acids is 1. The van der Waals surface area contributed by atoms with E-state index in [-0.39, 0.29) is 11.9 Å². The van der Waals surface area contributed by atoms with Crippen LogP contribution in [0.2, 0.25) is 0 Å². The van der Waals surface area contributed by atoms with Gasteiger partial charge in [0.25, 0.3) is 0 Å². The summed E-state index contributed by atoms with van der Waals surface area (Å²) in [5.74, 6) is -0.424. The van der Waals surface area contributed by atoms with Crippen molar-refractivity contribution in [3.8, 4) is 0 Å². The maximum Gasteiger partial charge on any atom is 0.312 e. The summed E-state index contributed by atoms with van der Waals surface area (Å²) in [6.45, 7) is 1.87. The van der Waals surface area contributed by atoms with Gasteiger partial charge in [0.15, 0.2) is 0 Å². The number of carbonyl (C=O) groups is 1. The number of fused-ring (bicyclic) bond motifs is 1. The number of rotatable bonds is 2. The molecular weight excluding hydrogens is 202 g/mol. The molecule has 0 fully saturated rings. The fraction of sp³-hybridized carbons (Fsp3) is 0.308. The van der Waals surface area contributed by atoms with Crippen LogP contribution in [0.1, 0.15) is 18.4 Å². The molecule has 1 aromatic carbocycles. The van der Waals surface area contributed by atoms with Crippen molar-refractivity contribution in [2.75, 3.05) is 7.11 Å². The Morgan fingerprint density at radius 1 is 1.38 bits per heavy atom. The van der Waals surface area contributed by atoms with E-state index < -0.39 is 0 Å². The highest BCUT2D eigenvalue weighted by atomic mass is 16.5. The van der Waals surface area contributed by atoms with Crippen molar-refractivity contribution in [1.82, 2.24) is 4.57 Å². The van der Waals surface area contributed by atoms with Crippen LogP contribution in [-0.4, -0.2) is 17.6 Å². The third kappa shape index (κ3) is 1.58. The molecule has 16 heavy (non-hydrogen) atoms. The molecule has 3 nitrogen and oxygen atoms in total. The van der Waals surface area contributed by atoms with E-state index in [1.807, 2.05) is 49.0 Å². The Balaban J connectivity index is 2.57. The number of para-hydroxylation sites is 1. The molecular formula is C13H15NO2. The van der Waals surface area contributed by atoms with Crippen LogP contribution in [-0.2, 0) is 16.6 Å². The smallest absolute Gasteiger partial charge is 0.312 e. The highest BCUT2D eigenvalue weighted by Gasteiger charge is 2.19. The summed E-state index contributed by atoms with van der Waals surface area (Å²) in [7, 11) is 3.40. The fourth-order valence-electron chi connectivity index (χ4n) is 2.02. The Kier molecular flexibility index (Phi) is 2.69. The first-order valence-electron chi connectivity index (χ1n) is 5.27. The third-order valence-corrected chi connectivity index (χ3v) is 2.95. The second-order valence-electron chi connectivity index (χ2n) is 3.96. The SMILES string of the molecule is COC(=O)[C@@H](C)c1cn(C)c2ccccc12. The molecule has 2 aromatic rings. The number of aromatic nitrogens is 1. The number of aryl methyl sites for hydroxylation is 1. The lowest BCUT2D eigenvalue weighted by Crippen LogP contribution is -2.10. The average molecular weight is 217 g/mol. The fourth-order valence-corrected chi connectivity index (χ4v) is 2.02. The lowest BCUT2D eigenvalue weighted by molar-refractivity contribution is -0.141. The van der Waals surface area contributed by atoms with Gasteiger partial charge in [-0.05, 0) is 18.6 Å². The van der Waals surface area contributed by atoms with E-state index in [2.05, 4.69) is 0 Å². The van der Waals surface area contributed by atoms with Crippen LogP contribution in [0.25, 0.3) is 10.9 Å². The first-order valence-corrected chi connectivity index (χ1v) is 5.27. The minimum Gasteiger partial charge on any atom is -0.469 e. The predicted octanol–water partition coefficient (Wildman–Crippen LogP) is 2.45. The van der Waals surface area contributed by atoms with Crippen molar-refractivity contribution in [2.24, 2.45) is 7.05 Å². The number of hydrogen-bond acceptors (Lipinski definition) is 2. The number of nitrogens with zero attached hydrogens (tertiary/aromatic N) is 1. The Bertz CT molecular complexity index is 528. The Hall–Kier alpha value is -1.77. The Morgan fingerprint density at radius 2 is 2.06 bits per heavy atom. The molecule has 84 valence electrons. The lowest BCUT2D eigenvalue weighted by Gasteiger charge is -2.07. The molecule has 0 radical (unpaired) electrons. The number of hydrogen-bond donors (Lipinski definition) is 0. The van der Waals surface area contributed by atoms with Crippen molar-refractivity contribution in [3.05, 3.63) is 36.0 Å². The second-order valence-corrected chi connectivity index (χ2v) is 3.96. The van der Waals surface area contributed by atoms with Crippen LogP contribution in [0, 0.1) is 0 Å². The van der Waals surface area contributed by atoms with Gasteiger partial charge in [-0.1, -0.05) is 18.2 Å². The van der Waals surface area contributed by atoms with Gasteiger partial charge in [0.1, 0.15) is 0 Å². The Labute approximate surface area is 94.6 Å². The lowest BCUT2D eigenvalue weighted by atomic mass is 10.0. The first-order chi connectivity index (χ1) is 7.65. The summed E-state index contributed by atoms with van der Waals surface area (Å²) in [6.07, 6.45) is 1.99. The maximum atomic E-state index is 11.5. The van der Waals surface area contributed by atoms with Crippen LogP contribution in [0.4, 0.5) is 0 Å². The zero-order valence-corrected chi connectivity index (χ0v) is 9.73. The normalized spacial score (nSPS) is 12.7. The molecule has 0 bridgehead atoms. The van der Waals surface area contributed by atoms with Crippen molar-refractivity contribution in [2.45, 2.75) is 12.8 Å². The molecule has 1 heterocycles. The van der Waals surface area contributed by atoms with Crippen molar-refractivity contribution < 1.29 is 9.53 Å². The second kappa shape index (κ2) is 4.00. The molecule has 0 aliphatic carbocycles. The van der Waals surface area contributed by atoms with Gasteiger partial charge in [0, 0.05) is 24.1 Å². The predicted molar refractivity (Wildman–Crippen MR) is 63.4 cm³/mol. The van der Waals surface area contributed by atoms with Crippen LogP contribution >= 0.6 is 0 Å². The molecule has 0 amide bonds. The Morgan fingerprint density at radius 3 is 2.75 bits per heavy atom. The number of benzene rings is 1. The molecule has 1 atom stereocenters. The molecule has 0 saturated heterocycles. The van der Waals surface area contributed by atoms with E-state index in [0.717, 1.165) is 16.5 Å². The standard InChI is InChI=1S/C13H15NO2/c1-9(13(15)16-3)11-8-14(2)12-7-5-4-6-10(11)12/h4-9H,1-3H3/t9-/m0/s1. The van der Waals surface area contributed by atoms with E-state index in [1.165, 1.54) is 7.11 Å². The van der Waals surface area contributed by atoms with Crippen LogP contribution < -0.4 is 0 Å². The topological polar surface area (TPSA) is 31.2 Å². The van der Waals surface area contributed by atoms with Crippen LogP contribution in [0.3, 0.4) is 0 Å². The molecule has 0 spiro atoms. The van der Waals surface area contributed by atoms with E-state index in [0.29, 0.717) is 0 Å². The summed E-state index contributed by atoms with van der Waals surface area (Å²) in [6, 6.07) is 8.05. The van der Waals surface area contributed by atoms with Crippen molar-refractivity contribution >= 4 is 16.9 Å². The van der Waals surface area contributed by atoms with Crippen molar-refractivity contribution in [1.29, 1.82) is 0 Å². The minimum absolute atomic E-state index is 0.198. The zero-order valence-electron chi connectivity index (χ0n) is 9.73. The molecule has 0 aliphatic heterocycles.